The molecule has 3 N–H and O–H groups in total. The van der Waals surface area contributed by atoms with E-state index in [4.69, 9.17) is 4.74 Å². The van der Waals surface area contributed by atoms with E-state index in [9.17, 15) is 14.0 Å². The van der Waals surface area contributed by atoms with E-state index in [2.05, 4.69) is 78.9 Å². The van der Waals surface area contributed by atoms with Gasteiger partial charge in [0.25, 0.3) is 11.8 Å². The van der Waals surface area contributed by atoms with Crippen LogP contribution in [0.5, 0.6) is 11.6 Å². The molecule has 1 saturated carbocycles. The smallest absolute Gasteiger partial charge is 0.257 e. The Kier molecular flexibility index (Phi) is 12.6. The second-order valence-corrected chi connectivity index (χ2v) is 17.7. The molecule has 2 aliphatic heterocycles. The molecule has 1 aliphatic carbocycles. The number of piperazine rings is 1. The lowest BCUT2D eigenvalue weighted by Crippen LogP contribution is -2.53. The van der Waals surface area contributed by atoms with Crippen molar-refractivity contribution in [1.29, 1.82) is 0 Å². The molecule has 2 atom stereocenters. The van der Waals surface area contributed by atoms with Crippen LogP contribution in [0.3, 0.4) is 0 Å². The highest BCUT2D eigenvalue weighted by atomic mass is 32.2. The summed E-state index contributed by atoms with van der Waals surface area (Å²) in [4.78, 5) is 40.8. The maximum Gasteiger partial charge on any atom is 0.257 e. The molecular weight excluding hydrogens is 766 g/mol. The van der Waals surface area contributed by atoms with Crippen LogP contribution < -0.4 is 20.7 Å². The number of benzene rings is 2. The molecule has 2 amide bonds. The summed E-state index contributed by atoms with van der Waals surface area (Å²) in [6.07, 6.45) is 5.26. The number of rotatable bonds is 11. The number of aryl methyl sites for hydroxylation is 2. The Morgan fingerprint density at radius 2 is 1.58 bits per heavy atom. The molecule has 0 spiro atoms. The third-order valence-corrected chi connectivity index (χ3v) is 12.5. The Labute approximate surface area is 349 Å². The number of nitrogens with zero attached hydrogens (tertiary/aromatic N) is 6. The second kappa shape index (κ2) is 18.2. The highest BCUT2D eigenvalue weighted by molar-refractivity contribution is 7.99. The van der Waals surface area contributed by atoms with Crippen LogP contribution in [-0.2, 0) is 13.1 Å². The van der Waals surface area contributed by atoms with Crippen molar-refractivity contribution in [3.05, 3.63) is 106 Å². The number of halogens is 1. The molecule has 5 aromatic rings. The van der Waals surface area contributed by atoms with E-state index >= 15 is 0 Å². The van der Waals surface area contributed by atoms with Gasteiger partial charge in [0, 0.05) is 86.3 Å². The molecule has 59 heavy (non-hydrogen) atoms. The number of hydrogen-bond acceptors (Lipinski definition) is 10. The Bertz CT molecular complexity index is 2300. The molecule has 2 aromatic carbocycles. The maximum absolute atomic E-state index is 14.6. The first kappa shape index (κ1) is 40.9. The summed E-state index contributed by atoms with van der Waals surface area (Å²) in [5, 5.41) is 14.2. The predicted octanol–water partition coefficient (Wildman–Crippen LogP) is 6.54. The van der Waals surface area contributed by atoms with Gasteiger partial charge >= 0.3 is 0 Å². The lowest BCUT2D eigenvalue weighted by molar-refractivity contribution is 0.0890. The molecule has 0 unspecified atom stereocenters. The molecule has 3 fully saturated rings. The normalized spacial score (nSPS) is 21.6. The Morgan fingerprint density at radius 1 is 0.864 bits per heavy atom. The van der Waals surface area contributed by atoms with Gasteiger partial charge in [-0.15, -0.1) is 0 Å². The van der Waals surface area contributed by atoms with Gasteiger partial charge in [-0.25, -0.2) is 18.9 Å². The zero-order valence-corrected chi connectivity index (χ0v) is 35.2. The number of nitrogens with one attached hydrogen (secondary N) is 3. The lowest BCUT2D eigenvalue weighted by atomic mass is 9.91. The molecule has 3 aromatic heterocycles. The van der Waals surface area contributed by atoms with Crippen LogP contribution in [0.15, 0.2) is 67.0 Å². The first-order valence-electron chi connectivity index (χ1n) is 20.8. The van der Waals surface area contributed by atoms with Crippen molar-refractivity contribution in [2.45, 2.75) is 90.6 Å². The van der Waals surface area contributed by atoms with Crippen LogP contribution >= 0.6 is 11.8 Å². The minimum Gasteiger partial charge on any atom is -0.438 e. The van der Waals surface area contributed by atoms with Gasteiger partial charge in [0.2, 0.25) is 5.88 Å². The van der Waals surface area contributed by atoms with Crippen molar-refractivity contribution in [2.75, 3.05) is 37.7 Å². The maximum atomic E-state index is 14.6. The van der Waals surface area contributed by atoms with Crippen LogP contribution in [0.2, 0.25) is 0 Å². The number of aromatic nitrogens is 4. The third-order valence-electron chi connectivity index (χ3n) is 11.5. The Morgan fingerprint density at radius 3 is 2.31 bits per heavy atom. The minimum atomic E-state index is -0.624. The van der Waals surface area contributed by atoms with E-state index in [0.717, 1.165) is 79.5 Å². The summed E-state index contributed by atoms with van der Waals surface area (Å²) in [5.74, 6) is 1.52. The topological polar surface area (TPSA) is 129 Å². The zero-order chi connectivity index (χ0) is 41.0. The highest BCUT2D eigenvalue weighted by Crippen LogP contribution is 2.33. The van der Waals surface area contributed by atoms with Gasteiger partial charge in [0.15, 0.2) is 5.65 Å². The molecule has 3 aliphatic rings. The number of hydrogen-bond donors (Lipinski definition) is 3. The molecule has 0 bridgehead atoms. The van der Waals surface area contributed by atoms with Crippen LogP contribution in [0.25, 0.3) is 16.8 Å². The fraction of sp³-hybridized carbons (Fsp3) is 0.444. The highest BCUT2D eigenvalue weighted by Gasteiger charge is 2.28. The fourth-order valence-corrected chi connectivity index (χ4v) is 9.81. The molecular formula is C45H54FN9O3S. The number of carbonyl (C=O) groups is 2. The van der Waals surface area contributed by atoms with Crippen molar-refractivity contribution in [3.63, 3.8) is 0 Å². The largest absolute Gasteiger partial charge is 0.438 e. The third kappa shape index (κ3) is 9.95. The number of amides is 2. The van der Waals surface area contributed by atoms with Gasteiger partial charge in [-0.05, 0) is 99.9 Å². The van der Waals surface area contributed by atoms with Gasteiger partial charge in [0.05, 0.1) is 12.4 Å². The van der Waals surface area contributed by atoms with Crippen molar-refractivity contribution in [3.8, 4) is 22.8 Å². The average molecular weight is 820 g/mol. The summed E-state index contributed by atoms with van der Waals surface area (Å²) in [7, 11) is 0. The number of thioether (sulfide) groups is 1. The zero-order valence-electron chi connectivity index (χ0n) is 34.3. The van der Waals surface area contributed by atoms with Crippen LogP contribution in [0.1, 0.15) is 82.8 Å². The molecule has 12 nitrogen and oxygen atoms in total. The monoisotopic (exact) mass is 819 g/mol. The molecule has 5 heterocycles. The summed E-state index contributed by atoms with van der Waals surface area (Å²) in [5.41, 5.74) is 7.44. The van der Waals surface area contributed by atoms with E-state index in [1.807, 2.05) is 49.9 Å². The van der Waals surface area contributed by atoms with Crippen molar-refractivity contribution < 1.29 is 18.7 Å². The summed E-state index contributed by atoms with van der Waals surface area (Å²) in [6, 6.07) is 18.5. The van der Waals surface area contributed by atoms with E-state index < -0.39 is 11.7 Å². The van der Waals surface area contributed by atoms with E-state index in [1.54, 1.807) is 10.7 Å². The molecule has 0 radical (unpaired) electrons. The van der Waals surface area contributed by atoms with Gasteiger partial charge in [-0.3, -0.25) is 19.4 Å². The number of carbonyl (C=O) groups excluding carboxylic acids is 2. The summed E-state index contributed by atoms with van der Waals surface area (Å²) >= 11 is 2.01. The quantitative estimate of drug-likeness (QED) is 0.135. The lowest BCUT2D eigenvalue weighted by Gasteiger charge is -2.36. The predicted molar refractivity (Wildman–Crippen MR) is 230 cm³/mol. The average Bonchev–Trinajstić information content (AvgIpc) is 3.64. The Hall–Kier alpha value is -4.89. The second-order valence-electron chi connectivity index (χ2n) is 16.5. The Balaban J connectivity index is 0.934. The standard InChI is InChI=1S/C45H54FN9O3S/c1-28-18-31(4)55-42(50-28)41(23-48-55)44(57)52-37-11-9-36(10-12-37)51-43(56)40-21-35(46)22-47-45(40)58-38-7-5-6-33(20-38)39-13-8-32(26-54-24-29(2)49-30(3)25-54)19-34(39)27-53-14-16-59-17-15-53/h5-8,13,18-23,29-30,36-37,49H,9-12,14-17,24-27H2,1-4H3,(H,51,56)(H,52,57)/t29-,30+,36-,37+. The summed E-state index contributed by atoms with van der Waals surface area (Å²) < 4.78 is 22.6. The first-order valence-corrected chi connectivity index (χ1v) is 22.0. The van der Waals surface area contributed by atoms with Crippen LogP contribution in [-0.4, -0.2) is 103 Å². The molecule has 310 valence electrons. The molecule has 14 heteroatoms. The number of ether oxygens (including phenoxy) is 1. The van der Waals surface area contributed by atoms with Gasteiger partial charge in [0.1, 0.15) is 22.7 Å². The van der Waals surface area contributed by atoms with Gasteiger partial charge < -0.3 is 20.7 Å². The van der Waals surface area contributed by atoms with Crippen molar-refractivity contribution in [2.24, 2.45) is 0 Å². The van der Waals surface area contributed by atoms with Gasteiger partial charge in [-0.1, -0.05) is 30.3 Å². The van der Waals surface area contributed by atoms with Crippen LogP contribution in [0.4, 0.5) is 4.39 Å². The fourth-order valence-electron chi connectivity index (χ4n) is 8.83. The van der Waals surface area contributed by atoms with Gasteiger partial charge in [-0.2, -0.15) is 16.9 Å². The minimum absolute atomic E-state index is 0.0292. The molecule has 8 rings (SSSR count). The first-order chi connectivity index (χ1) is 28.5. The van der Waals surface area contributed by atoms with Crippen LogP contribution in [0, 0.1) is 19.7 Å². The van der Waals surface area contributed by atoms with E-state index in [1.165, 1.54) is 17.2 Å². The summed E-state index contributed by atoms with van der Waals surface area (Å²) in [6.45, 7) is 14.2. The number of fused-ring (bicyclic) bond motifs is 1. The van der Waals surface area contributed by atoms with Crippen molar-refractivity contribution >= 4 is 29.2 Å². The van der Waals surface area contributed by atoms with Crippen molar-refractivity contribution in [1.82, 2.24) is 45.3 Å². The molecule has 2 saturated heterocycles. The number of pyridine rings is 1. The van der Waals surface area contributed by atoms with E-state index in [0.29, 0.717) is 54.7 Å². The SMILES string of the molecule is Cc1cc(C)n2ncc(C(=O)N[C@H]3CC[C@@H](NC(=O)c4cc(F)cnc4Oc4cccc(-c5ccc(CN6C[C@@H](C)N[C@@H](C)C6)cc5CN5CCSCC5)c4)CC3)c2n1. The van der Waals surface area contributed by atoms with E-state index in [-0.39, 0.29) is 29.4 Å².